The number of aromatic nitrogens is 3. The Kier molecular flexibility index (Phi) is 6.05. The number of likely N-dealkylation sites (tertiary alicyclic amines) is 1. The summed E-state index contributed by atoms with van der Waals surface area (Å²) in [6.45, 7) is 4.70. The van der Waals surface area contributed by atoms with E-state index in [1.807, 2.05) is 18.2 Å². The Morgan fingerprint density at radius 3 is 2.73 bits per heavy atom. The summed E-state index contributed by atoms with van der Waals surface area (Å²) in [4.78, 5) is 46.2. The number of nitrogens with zero attached hydrogens (tertiary/aromatic N) is 6. The molecule has 3 aliphatic rings. The van der Waals surface area contributed by atoms with Crippen molar-refractivity contribution in [2.75, 3.05) is 35.2 Å². The van der Waals surface area contributed by atoms with Crippen molar-refractivity contribution in [3.8, 4) is 6.57 Å². The summed E-state index contributed by atoms with van der Waals surface area (Å²) in [5.41, 5.74) is 0.904. The predicted molar refractivity (Wildman–Crippen MR) is 140 cm³/mol. The van der Waals surface area contributed by atoms with Crippen molar-refractivity contribution >= 4 is 29.4 Å². The zero-order valence-electron chi connectivity index (χ0n) is 21.1. The van der Waals surface area contributed by atoms with Crippen LogP contribution >= 0.6 is 0 Å². The highest BCUT2D eigenvalue weighted by Crippen LogP contribution is 2.46. The monoisotopic (exact) mass is 549 g/mol. The molecule has 2 fully saturated rings. The minimum absolute atomic E-state index is 0.0194. The van der Waals surface area contributed by atoms with Crippen molar-refractivity contribution < 1.29 is 22.8 Å². The number of anilines is 3. The molecule has 0 unspecified atom stereocenters. The van der Waals surface area contributed by atoms with E-state index in [4.69, 9.17) is 6.57 Å². The topological polar surface area (TPSA) is 108 Å². The van der Waals surface area contributed by atoms with Crippen molar-refractivity contribution in [2.45, 2.75) is 36.4 Å². The fourth-order valence-corrected chi connectivity index (χ4v) is 5.59. The van der Waals surface area contributed by atoms with Crippen LogP contribution < -0.4 is 15.5 Å². The van der Waals surface area contributed by atoms with Gasteiger partial charge in [-0.1, -0.05) is 35.2 Å². The number of halogens is 3. The summed E-state index contributed by atoms with van der Waals surface area (Å²) >= 11 is 0. The van der Waals surface area contributed by atoms with Crippen LogP contribution in [-0.4, -0.2) is 69.4 Å². The Balaban J connectivity index is 1.30. The van der Waals surface area contributed by atoms with Crippen molar-refractivity contribution in [1.29, 1.82) is 0 Å². The van der Waals surface area contributed by atoms with Gasteiger partial charge in [0.2, 0.25) is 17.8 Å². The average Bonchev–Trinajstić information content (AvgIpc) is 3.44. The van der Waals surface area contributed by atoms with E-state index in [9.17, 15) is 22.8 Å². The maximum Gasteiger partial charge on any atom is 0.350 e. The van der Waals surface area contributed by atoms with Crippen molar-refractivity contribution in [2.24, 2.45) is 0 Å². The largest absolute Gasteiger partial charge is 0.350 e. The number of alkyl halides is 2. The third-order valence-corrected chi connectivity index (χ3v) is 7.53. The Morgan fingerprint density at radius 1 is 1.18 bits per heavy atom. The van der Waals surface area contributed by atoms with Gasteiger partial charge < -0.3 is 15.5 Å². The lowest BCUT2D eigenvalue weighted by molar-refractivity contribution is -0.132. The number of rotatable bonds is 6. The van der Waals surface area contributed by atoms with Crippen LogP contribution in [0.3, 0.4) is 0 Å². The van der Waals surface area contributed by atoms with Crippen LogP contribution in [-0.2, 0) is 21.4 Å². The standard InChI is InChI=1S/C27H23F3N8O2/c1-31-21-11-26(18-7-2-3-8-19(18)34-23(26)40)12-38(21)22(39)20(10-16-5-4-6-17(28)9-16)35-24-32-15-33-25(36-24)37-13-27(29,30)14-37/h1-9,15,20-21H,10-14H2,(H-,32,33,34,35,36,40)/p+1/t20-,21-,26-/m0/s1. The molecule has 2 N–H and O–H groups in total. The lowest BCUT2D eigenvalue weighted by Gasteiger charge is -2.38. The highest BCUT2D eigenvalue weighted by Gasteiger charge is 2.60. The van der Waals surface area contributed by atoms with Gasteiger partial charge in [0.15, 0.2) is 0 Å². The number of para-hydroxylation sites is 1. The van der Waals surface area contributed by atoms with Gasteiger partial charge in [0, 0.05) is 18.7 Å². The number of amides is 2. The Hall–Kier alpha value is -4.73. The lowest BCUT2D eigenvalue weighted by Crippen LogP contribution is -2.57. The number of nitrogens with one attached hydrogen (secondary N) is 2. The molecule has 1 spiro atoms. The number of hydrogen-bond acceptors (Lipinski definition) is 7. The van der Waals surface area contributed by atoms with Gasteiger partial charge in [-0.05, 0) is 29.3 Å². The molecule has 1 aromatic heterocycles. The molecule has 10 nitrogen and oxygen atoms in total. The van der Waals surface area contributed by atoms with E-state index in [-0.39, 0.29) is 37.2 Å². The van der Waals surface area contributed by atoms with Crippen LogP contribution in [0.25, 0.3) is 4.85 Å². The van der Waals surface area contributed by atoms with Gasteiger partial charge in [-0.15, -0.1) is 0 Å². The summed E-state index contributed by atoms with van der Waals surface area (Å²) in [7, 11) is 0. The molecule has 3 aliphatic heterocycles. The van der Waals surface area contributed by atoms with Crippen LogP contribution in [0.5, 0.6) is 0 Å². The Labute approximate surface area is 227 Å². The molecular formula is C27H24F3N8O2+. The minimum Gasteiger partial charge on any atom is -0.342 e. The maximum absolute atomic E-state index is 14.1. The van der Waals surface area contributed by atoms with E-state index < -0.39 is 48.4 Å². The van der Waals surface area contributed by atoms with E-state index in [2.05, 4.69) is 30.4 Å². The highest BCUT2D eigenvalue weighted by molar-refractivity contribution is 6.07. The van der Waals surface area contributed by atoms with Crippen molar-refractivity contribution in [3.63, 3.8) is 0 Å². The molecule has 4 heterocycles. The van der Waals surface area contributed by atoms with E-state index >= 15 is 0 Å². The number of fused-ring (bicyclic) bond motifs is 2. The van der Waals surface area contributed by atoms with Crippen LogP contribution in [0.4, 0.5) is 30.8 Å². The van der Waals surface area contributed by atoms with Gasteiger partial charge in [-0.25, -0.2) is 23.1 Å². The van der Waals surface area contributed by atoms with Gasteiger partial charge in [0.25, 0.3) is 18.4 Å². The number of carbonyl (C=O) groups is 2. The molecule has 204 valence electrons. The smallest absolute Gasteiger partial charge is 0.342 e. The van der Waals surface area contributed by atoms with Crippen LogP contribution in [0, 0.1) is 12.4 Å². The molecule has 0 bridgehead atoms. The predicted octanol–water partition coefficient (Wildman–Crippen LogP) is 2.90. The zero-order valence-corrected chi connectivity index (χ0v) is 21.1. The zero-order chi connectivity index (χ0) is 28.1. The number of hydrogen-bond donors (Lipinski definition) is 2. The summed E-state index contributed by atoms with van der Waals surface area (Å²) < 4.78 is 40.8. The SMILES string of the molecule is C#[N+][C@@H]1C[C@@]2(CN1C(=O)[C@H](Cc1cccc(F)c1)Nc1ncnc(N3CC(F)(F)C3)n1)C(=O)Nc1ccccc12. The molecule has 3 aromatic rings. The molecule has 2 aromatic carbocycles. The number of carbonyl (C=O) groups excluding carboxylic acids is 2. The summed E-state index contributed by atoms with van der Waals surface area (Å²) in [5.74, 6) is -3.99. The van der Waals surface area contributed by atoms with Crippen LogP contribution in [0.2, 0.25) is 0 Å². The fourth-order valence-electron chi connectivity index (χ4n) is 5.59. The second-order valence-corrected chi connectivity index (χ2v) is 10.2. The first-order valence-corrected chi connectivity index (χ1v) is 12.6. The van der Waals surface area contributed by atoms with Crippen LogP contribution in [0.1, 0.15) is 17.5 Å². The summed E-state index contributed by atoms with van der Waals surface area (Å²) in [6, 6.07) is 12.0. The van der Waals surface area contributed by atoms with Gasteiger partial charge in [-0.3, -0.25) is 14.5 Å². The van der Waals surface area contributed by atoms with Gasteiger partial charge >= 0.3 is 6.17 Å². The fraction of sp³-hybridized carbons (Fsp3) is 0.333. The molecular weight excluding hydrogens is 525 g/mol. The first-order chi connectivity index (χ1) is 19.2. The summed E-state index contributed by atoms with van der Waals surface area (Å²) in [6.07, 6.45) is 0.568. The first kappa shape index (κ1) is 25.5. The van der Waals surface area contributed by atoms with E-state index in [1.165, 1.54) is 28.0 Å². The van der Waals surface area contributed by atoms with E-state index in [1.54, 1.807) is 12.1 Å². The summed E-state index contributed by atoms with van der Waals surface area (Å²) in [5, 5.41) is 5.85. The molecule has 40 heavy (non-hydrogen) atoms. The molecule has 2 saturated heterocycles. The molecule has 0 saturated carbocycles. The van der Waals surface area contributed by atoms with E-state index in [0.717, 1.165) is 11.9 Å². The normalized spacial score (nSPS) is 23.2. The third-order valence-electron chi connectivity index (χ3n) is 7.53. The highest BCUT2D eigenvalue weighted by atomic mass is 19.3. The van der Waals surface area contributed by atoms with Gasteiger partial charge in [0.1, 0.15) is 23.6 Å². The Bertz CT molecular complexity index is 1540. The van der Waals surface area contributed by atoms with Crippen LogP contribution in [0.15, 0.2) is 54.9 Å². The number of benzene rings is 2. The second-order valence-electron chi connectivity index (χ2n) is 10.2. The average molecular weight is 550 g/mol. The second kappa shape index (κ2) is 9.48. The third kappa shape index (κ3) is 4.45. The quantitative estimate of drug-likeness (QED) is 0.487. The molecule has 0 aliphatic carbocycles. The maximum atomic E-state index is 14.1. The molecule has 3 atom stereocenters. The van der Waals surface area contributed by atoms with Gasteiger partial charge in [-0.2, -0.15) is 4.98 Å². The molecule has 0 radical (unpaired) electrons. The molecule has 6 rings (SSSR count). The first-order valence-electron chi connectivity index (χ1n) is 12.6. The minimum atomic E-state index is -2.83. The van der Waals surface area contributed by atoms with Crippen molar-refractivity contribution in [1.82, 2.24) is 19.9 Å². The molecule has 13 heteroatoms. The van der Waals surface area contributed by atoms with E-state index in [0.29, 0.717) is 11.3 Å². The van der Waals surface area contributed by atoms with Crippen molar-refractivity contribution in [3.05, 3.63) is 76.6 Å². The lowest BCUT2D eigenvalue weighted by atomic mass is 9.80. The Morgan fingerprint density at radius 2 is 1.98 bits per heavy atom. The van der Waals surface area contributed by atoms with Gasteiger partial charge in [0.05, 0.1) is 19.5 Å². The molecule has 2 amide bonds.